The summed E-state index contributed by atoms with van der Waals surface area (Å²) in [6.45, 7) is 8.85. The van der Waals surface area contributed by atoms with Crippen LogP contribution in [0, 0.1) is 5.92 Å². The summed E-state index contributed by atoms with van der Waals surface area (Å²) < 4.78 is 5.68. The second-order valence-electron chi connectivity index (χ2n) is 3.71. The molecule has 1 fully saturated rings. The smallest absolute Gasteiger partial charge is 0.0675 e. The van der Waals surface area contributed by atoms with Crippen LogP contribution >= 0.6 is 0 Å². The van der Waals surface area contributed by atoms with E-state index < -0.39 is 0 Å². The van der Waals surface area contributed by atoms with Gasteiger partial charge >= 0.3 is 0 Å². The highest BCUT2D eigenvalue weighted by molar-refractivity contribution is 4.88. The van der Waals surface area contributed by atoms with Gasteiger partial charge in [0.05, 0.1) is 12.7 Å². The zero-order valence-electron chi connectivity index (χ0n) is 7.60. The van der Waals surface area contributed by atoms with Gasteiger partial charge in [0.1, 0.15) is 0 Å². The highest BCUT2D eigenvalue weighted by Gasteiger charge is 2.23. The third kappa shape index (κ3) is 2.66. The predicted octanol–water partition coefficient (Wildman–Crippen LogP) is 2.77. The number of hydrogen-bond donors (Lipinski definition) is 0. The molecule has 0 unspecified atom stereocenters. The molecular formula is C10H18O. The van der Waals surface area contributed by atoms with Crippen LogP contribution in [0.1, 0.15) is 33.1 Å². The average Bonchev–Trinajstić information content (AvgIpc) is 2.31. The average molecular weight is 154 g/mol. The molecule has 11 heavy (non-hydrogen) atoms. The number of ether oxygens (including phenoxy) is 1. The van der Waals surface area contributed by atoms with Crippen LogP contribution in [-0.4, -0.2) is 12.7 Å². The van der Waals surface area contributed by atoms with Crippen molar-refractivity contribution in [2.75, 3.05) is 6.61 Å². The van der Waals surface area contributed by atoms with Gasteiger partial charge in [0, 0.05) is 0 Å². The Morgan fingerprint density at radius 2 is 2.27 bits per heavy atom. The van der Waals surface area contributed by atoms with E-state index >= 15 is 0 Å². The lowest BCUT2D eigenvalue weighted by molar-refractivity contribution is 0.0478. The molecule has 1 heteroatoms. The van der Waals surface area contributed by atoms with Gasteiger partial charge in [-0.2, -0.15) is 0 Å². The Balaban J connectivity index is 2.20. The third-order valence-corrected chi connectivity index (χ3v) is 2.33. The Hall–Kier alpha value is -0.300. The van der Waals surface area contributed by atoms with Gasteiger partial charge in [0.2, 0.25) is 0 Å². The van der Waals surface area contributed by atoms with E-state index in [1.165, 1.54) is 19.3 Å². The van der Waals surface area contributed by atoms with Gasteiger partial charge in [-0.05, 0) is 25.7 Å². The van der Waals surface area contributed by atoms with Crippen LogP contribution in [-0.2, 0) is 4.74 Å². The summed E-state index contributed by atoms with van der Waals surface area (Å²) >= 11 is 0. The fraction of sp³-hybridized carbons (Fsp3) is 0.800. The molecule has 0 saturated heterocycles. The lowest BCUT2D eigenvalue weighted by atomic mass is 10.1. The summed E-state index contributed by atoms with van der Waals surface area (Å²) in [5.74, 6) is 0.759. The van der Waals surface area contributed by atoms with Crippen molar-refractivity contribution >= 4 is 0 Å². The Morgan fingerprint density at radius 3 is 2.73 bits per heavy atom. The van der Waals surface area contributed by atoms with E-state index in [-0.39, 0.29) is 0 Å². The Labute approximate surface area is 69.4 Å². The normalized spacial score (nSPS) is 30.7. The van der Waals surface area contributed by atoms with Gasteiger partial charge in [0.15, 0.2) is 0 Å². The Kier molecular flexibility index (Phi) is 3.13. The van der Waals surface area contributed by atoms with Gasteiger partial charge in [-0.1, -0.05) is 25.5 Å². The largest absolute Gasteiger partial charge is 0.374 e. The minimum Gasteiger partial charge on any atom is -0.374 e. The van der Waals surface area contributed by atoms with Crippen LogP contribution in [0.2, 0.25) is 0 Å². The quantitative estimate of drug-likeness (QED) is 0.568. The van der Waals surface area contributed by atoms with Crippen LogP contribution in [0.4, 0.5) is 0 Å². The number of rotatable bonds is 3. The second-order valence-corrected chi connectivity index (χ2v) is 3.71. The lowest BCUT2D eigenvalue weighted by Crippen LogP contribution is -2.16. The van der Waals surface area contributed by atoms with Crippen molar-refractivity contribution in [3.8, 4) is 0 Å². The van der Waals surface area contributed by atoms with Crippen molar-refractivity contribution in [1.29, 1.82) is 0 Å². The maximum absolute atomic E-state index is 5.68. The van der Waals surface area contributed by atoms with Gasteiger partial charge in [0.25, 0.3) is 0 Å². The van der Waals surface area contributed by atoms with Crippen molar-refractivity contribution in [2.24, 2.45) is 5.92 Å². The first-order chi connectivity index (χ1) is 5.20. The minimum absolute atomic E-state index is 0.506. The molecule has 1 aliphatic rings. The van der Waals surface area contributed by atoms with E-state index in [0.717, 1.165) is 18.1 Å². The maximum atomic E-state index is 5.68. The molecule has 0 aromatic rings. The summed E-state index contributed by atoms with van der Waals surface area (Å²) in [7, 11) is 0. The highest BCUT2D eigenvalue weighted by atomic mass is 16.5. The van der Waals surface area contributed by atoms with E-state index in [1.807, 2.05) is 6.92 Å². The van der Waals surface area contributed by atoms with E-state index in [2.05, 4.69) is 13.5 Å². The molecule has 1 nitrogen and oxygen atoms in total. The molecule has 0 aliphatic heterocycles. The molecule has 2 atom stereocenters. The fourth-order valence-corrected chi connectivity index (χ4v) is 1.61. The minimum atomic E-state index is 0.506. The molecular weight excluding hydrogens is 136 g/mol. The maximum Gasteiger partial charge on any atom is 0.0675 e. The molecule has 0 N–H and O–H groups in total. The standard InChI is InChI=1S/C10H18O/c1-8(2)7-11-10-6-4-5-9(10)3/h9-10H,1,4-7H2,2-3H3/t9-,10-/m0/s1. The predicted molar refractivity (Wildman–Crippen MR) is 47.6 cm³/mol. The fourth-order valence-electron chi connectivity index (χ4n) is 1.61. The molecule has 0 radical (unpaired) electrons. The first kappa shape index (κ1) is 8.79. The van der Waals surface area contributed by atoms with Gasteiger partial charge in [-0.3, -0.25) is 0 Å². The van der Waals surface area contributed by atoms with Gasteiger partial charge < -0.3 is 4.74 Å². The van der Waals surface area contributed by atoms with Crippen molar-refractivity contribution < 1.29 is 4.74 Å². The first-order valence-electron chi connectivity index (χ1n) is 4.46. The van der Waals surface area contributed by atoms with Gasteiger partial charge in [-0.25, -0.2) is 0 Å². The van der Waals surface area contributed by atoms with E-state index in [9.17, 15) is 0 Å². The lowest BCUT2D eigenvalue weighted by Gasteiger charge is -2.15. The third-order valence-electron chi connectivity index (χ3n) is 2.33. The van der Waals surface area contributed by atoms with Gasteiger partial charge in [-0.15, -0.1) is 0 Å². The van der Waals surface area contributed by atoms with Crippen LogP contribution in [0.5, 0.6) is 0 Å². The molecule has 0 heterocycles. The molecule has 1 rings (SSSR count). The van der Waals surface area contributed by atoms with E-state index in [4.69, 9.17) is 4.74 Å². The van der Waals surface area contributed by atoms with Crippen LogP contribution < -0.4 is 0 Å². The van der Waals surface area contributed by atoms with Crippen molar-refractivity contribution in [3.05, 3.63) is 12.2 Å². The molecule has 0 aromatic heterocycles. The summed E-state index contributed by atoms with van der Waals surface area (Å²) in [5, 5.41) is 0. The molecule has 1 aliphatic carbocycles. The zero-order chi connectivity index (χ0) is 8.27. The zero-order valence-corrected chi connectivity index (χ0v) is 7.60. The summed E-state index contributed by atoms with van der Waals surface area (Å²) in [5.41, 5.74) is 1.13. The molecule has 1 saturated carbocycles. The van der Waals surface area contributed by atoms with E-state index in [1.54, 1.807) is 0 Å². The first-order valence-corrected chi connectivity index (χ1v) is 4.46. The topological polar surface area (TPSA) is 9.23 Å². The number of hydrogen-bond acceptors (Lipinski definition) is 1. The second kappa shape index (κ2) is 3.91. The molecule has 0 bridgehead atoms. The van der Waals surface area contributed by atoms with Crippen LogP contribution in [0.15, 0.2) is 12.2 Å². The highest BCUT2D eigenvalue weighted by Crippen LogP contribution is 2.27. The summed E-state index contributed by atoms with van der Waals surface area (Å²) in [6, 6.07) is 0. The van der Waals surface area contributed by atoms with Crippen molar-refractivity contribution in [2.45, 2.75) is 39.2 Å². The monoisotopic (exact) mass is 154 g/mol. The summed E-state index contributed by atoms with van der Waals surface area (Å²) in [6.07, 6.45) is 4.42. The molecule has 0 aromatic carbocycles. The Bertz CT molecular complexity index is 140. The molecule has 0 amide bonds. The molecule has 0 spiro atoms. The van der Waals surface area contributed by atoms with Crippen LogP contribution in [0.25, 0.3) is 0 Å². The summed E-state index contributed by atoms with van der Waals surface area (Å²) in [4.78, 5) is 0. The Morgan fingerprint density at radius 1 is 1.55 bits per heavy atom. The van der Waals surface area contributed by atoms with Crippen molar-refractivity contribution in [1.82, 2.24) is 0 Å². The molecule has 64 valence electrons. The van der Waals surface area contributed by atoms with Crippen LogP contribution in [0.3, 0.4) is 0 Å². The van der Waals surface area contributed by atoms with E-state index in [0.29, 0.717) is 6.10 Å². The van der Waals surface area contributed by atoms with Crippen molar-refractivity contribution in [3.63, 3.8) is 0 Å². The SMILES string of the molecule is C=C(C)CO[C@H]1CCC[C@@H]1C.